The third-order valence-electron chi connectivity index (χ3n) is 6.46. The zero-order valence-electron chi connectivity index (χ0n) is 20.6. The summed E-state index contributed by atoms with van der Waals surface area (Å²) in [6.07, 6.45) is 5.35. The molecule has 0 N–H and O–H groups in total. The molecular formula is C29H28N2O5. The topological polar surface area (TPSA) is 81.9 Å². The first-order valence-electron chi connectivity index (χ1n) is 12.1. The number of pyridine rings is 1. The number of ether oxygens (including phenoxy) is 2. The van der Waals surface area contributed by atoms with E-state index >= 15 is 0 Å². The van der Waals surface area contributed by atoms with Crippen LogP contribution in [-0.2, 0) is 6.54 Å². The summed E-state index contributed by atoms with van der Waals surface area (Å²) >= 11 is 0. The Kier molecular flexibility index (Phi) is 6.46. The number of aryl methyl sites for hydroxylation is 1. The SMILES string of the molecule is CCCCOc1ccc(C2c3c(oc4ccc(C)cc4c3=O)C(=O)N2Cc2cccnc2)cc1OC. The highest BCUT2D eigenvalue weighted by Gasteiger charge is 2.43. The van der Waals surface area contributed by atoms with Crippen molar-refractivity contribution >= 4 is 16.9 Å². The van der Waals surface area contributed by atoms with E-state index in [4.69, 9.17) is 13.9 Å². The second-order valence-corrected chi connectivity index (χ2v) is 8.98. The van der Waals surface area contributed by atoms with E-state index in [1.165, 1.54) is 0 Å². The summed E-state index contributed by atoms with van der Waals surface area (Å²) in [5.74, 6) is 0.916. The monoisotopic (exact) mass is 484 g/mol. The number of hydrogen-bond donors (Lipinski definition) is 0. The summed E-state index contributed by atoms with van der Waals surface area (Å²) < 4.78 is 17.6. The Balaban J connectivity index is 1.66. The van der Waals surface area contributed by atoms with Crippen LogP contribution in [0.3, 0.4) is 0 Å². The maximum atomic E-state index is 13.8. The second kappa shape index (κ2) is 9.85. The fourth-order valence-corrected chi connectivity index (χ4v) is 4.63. The van der Waals surface area contributed by atoms with Gasteiger partial charge in [0.2, 0.25) is 5.76 Å². The third-order valence-corrected chi connectivity index (χ3v) is 6.46. The lowest BCUT2D eigenvalue weighted by Crippen LogP contribution is -2.29. The van der Waals surface area contributed by atoms with Gasteiger partial charge in [-0.05, 0) is 54.8 Å². The molecule has 1 amide bonds. The van der Waals surface area contributed by atoms with Gasteiger partial charge >= 0.3 is 0 Å². The van der Waals surface area contributed by atoms with Crippen LogP contribution in [0.15, 0.2) is 70.1 Å². The van der Waals surface area contributed by atoms with Crippen molar-refractivity contribution in [3.05, 3.63) is 99.2 Å². The Labute approximate surface area is 209 Å². The van der Waals surface area contributed by atoms with Gasteiger partial charge in [-0.3, -0.25) is 14.6 Å². The molecule has 2 aromatic heterocycles. The van der Waals surface area contributed by atoms with Gasteiger partial charge in [-0.25, -0.2) is 0 Å². The first-order chi connectivity index (χ1) is 17.5. The highest BCUT2D eigenvalue weighted by atomic mass is 16.5. The van der Waals surface area contributed by atoms with Crippen LogP contribution in [0, 0.1) is 6.92 Å². The zero-order valence-corrected chi connectivity index (χ0v) is 20.6. The van der Waals surface area contributed by atoms with Crippen molar-refractivity contribution in [1.82, 2.24) is 9.88 Å². The van der Waals surface area contributed by atoms with Gasteiger partial charge in [0.05, 0.1) is 30.7 Å². The van der Waals surface area contributed by atoms with Gasteiger partial charge in [0.1, 0.15) is 5.58 Å². The molecule has 0 radical (unpaired) electrons. The Morgan fingerprint density at radius 2 is 1.94 bits per heavy atom. The summed E-state index contributed by atoms with van der Waals surface area (Å²) in [6, 6.07) is 14.0. The van der Waals surface area contributed by atoms with E-state index in [1.807, 2.05) is 43.3 Å². The van der Waals surface area contributed by atoms with Crippen LogP contribution in [0.1, 0.15) is 58.6 Å². The standard InChI is InChI=1S/C29H28N2O5/c1-4-5-13-35-23-11-9-20(15-24(23)34-3)26-25-27(32)21-14-18(2)8-10-22(21)36-28(25)29(33)31(26)17-19-7-6-12-30-16-19/h6-12,14-16,26H,4-5,13,17H2,1-3H3. The molecule has 184 valence electrons. The number of carbonyl (C=O) groups excluding carboxylic acids is 1. The summed E-state index contributed by atoms with van der Waals surface area (Å²) in [5.41, 5.74) is 3.07. The third kappa shape index (κ3) is 4.21. The number of carbonyl (C=O) groups is 1. The van der Waals surface area contributed by atoms with Gasteiger partial charge in [-0.1, -0.05) is 37.1 Å². The minimum Gasteiger partial charge on any atom is -0.493 e. The van der Waals surface area contributed by atoms with Crippen LogP contribution in [0.25, 0.3) is 11.0 Å². The molecule has 1 unspecified atom stereocenters. The normalized spacial score (nSPS) is 14.8. The molecule has 1 aliphatic heterocycles. The molecule has 1 aliphatic rings. The zero-order chi connectivity index (χ0) is 25.2. The maximum Gasteiger partial charge on any atom is 0.291 e. The van der Waals surface area contributed by atoms with E-state index in [0.29, 0.717) is 34.6 Å². The lowest BCUT2D eigenvalue weighted by Gasteiger charge is -2.26. The van der Waals surface area contributed by atoms with Crippen molar-refractivity contribution in [1.29, 1.82) is 0 Å². The van der Waals surface area contributed by atoms with Crippen LogP contribution in [0.5, 0.6) is 11.5 Å². The number of methoxy groups -OCH3 is 1. The van der Waals surface area contributed by atoms with Crippen molar-refractivity contribution in [2.24, 2.45) is 0 Å². The Hall–Kier alpha value is -4.13. The van der Waals surface area contributed by atoms with Crippen LogP contribution in [-0.4, -0.2) is 29.5 Å². The highest BCUT2D eigenvalue weighted by Crippen LogP contribution is 2.41. The van der Waals surface area contributed by atoms with Crippen molar-refractivity contribution in [3.63, 3.8) is 0 Å². The van der Waals surface area contributed by atoms with E-state index in [1.54, 1.807) is 36.5 Å². The number of fused-ring (bicyclic) bond motifs is 2. The first kappa shape index (κ1) is 23.6. The number of hydrogen-bond acceptors (Lipinski definition) is 6. The van der Waals surface area contributed by atoms with E-state index in [0.717, 1.165) is 29.5 Å². The number of benzene rings is 2. The average Bonchev–Trinajstić information content (AvgIpc) is 3.17. The van der Waals surface area contributed by atoms with Gasteiger partial charge in [0.25, 0.3) is 5.91 Å². The predicted octanol–water partition coefficient (Wildman–Crippen LogP) is 5.43. The molecule has 0 fully saturated rings. The lowest BCUT2D eigenvalue weighted by molar-refractivity contribution is 0.0714. The number of unbranched alkanes of at least 4 members (excludes halogenated alkanes) is 1. The molecule has 7 heteroatoms. The second-order valence-electron chi connectivity index (χ2n) is 8.98. The summed E-state index contributed by atoms with van der Waals surface area (Å²) in [5, 5.41) is 0.460. The van der Waals surface area contributed by atoms with Gasteiger partial charge in [-0.2, -0.15) is 0 Å². The van der Waals surface area contributed by atoms with Crippen molar-refractivity contribution in [2.45, 2.75) is 39.3 Å². The molecule has 0 bridgehead atoms. The fourth-order valence-electron chi connectivity index (χ4n) is 4.63. The maximum absolute atomic E-state index is 13.8. The van der Waals surface area contributed by atoms with Crippen LogP contribution >= 0.6 is 0 Å². The molecule has 1 atom stereocenters. The van der Waals surface area contributed by atoms with Gasteiger partial charge in [0, 0.05) is 18.9 Å². The molecule has 2 aromatic carbocycles. The highest BCUT2D eigenvalue weighted by molar-refractivity contribution is 5.99. The number of aromatic nitrogens is 1. The molecule has 5 rings (SSSR count). The molecular weight excluding hydrogens is 456 g/mol. The number of amides is 1. The smallest absolute Gasteiger partial charge is 0.291 e. The van der Waals surface area contributed by atoms with Crippen LogP contribution in [0.2, 0.25) is 0 Å². The van der Waals surface area contributed by atoms with E-state index in [-0.39, 0.29) is 23.6 Å². The number of rotatable bonds is 8. The van der Waals surface area contributed by atoms with Crippen molar-refractivity contribution < 1.29 is 18.7 Å². The molecule has 4 aromatic rings. The largest absolute Gasteiger partial charge is 0.493 e. The van der Waals surface area contributed by atoms with Gasteiger partial charge in [-0.15, -0.1) is 0 Å². The molecule has 0 spiro atoms. The van der Waals surface area contributed by atoms with Crippen molar-refractivity contribution in [2.75, 3.05) is 13.7 Å². The Morgan fingerprint density at radius 3 is 2.69 bits per heavy atom. The van der Waals surface area contributed by atoms with Crippen LogP contribution in [0.4, 0.5) is 0 Å². The van der Waals surface area contributed by atoms with Crippen molar-refractivity contribution in [3.8, 4) is 11.5 Å². The number of nitrogens with zero attached hydrogens (tertiary/aromatic N) is 2. The quantitative estimate of drug-likeness (QED) is 0.310. The molecule has 0 saturated heterocycles. The minimum absolute atomic E-state index is 0.0764. The van der Waals surface area contributed by atoms with Crippen LogP contribution < -0.4 is 14.9 Å². The average molecular weight is 485 g/mol. The molecule has 0 saturated carbocycles. The minimum atomic E-state index is -0.646. The van der Waals surface area contributed by atoms with E-state index in [2.05, 4.69) is 11.9 Å². The Morgan fingerprint density at radius 1 is 1.08 bits per heavy atom. The predicted molar refractivity (Wildman–Crippen MR) is 137 cm³/mol. The summed E-state index contributed by atoms with van der Waals surface area (Å²) in [4.78, 5) is 33.3. The van der Waals surface area contributed by atoms with Gasteiger partial charge < -0.3 is 18.8 Å². The molecule has 36 heavy (non-hydrogen) atoms. The van der Waals surface area contributed by atoms with Gasteiger partial charge in [0.15, 0.2) is 16.9 Å². The molecule has 7 nitrogen and oxygen atoms in total. The van der Waals surface area contributed by atoms with E-state index < -0.39 is 6.04 Å². The molecule has 0 aliphatic carbocycles. The summed E-state index contributed by atoms with van der Waals surface area (Å²) in [6.45, 7) is 4.88. The fraction of sp³-hybridized carbons (Fsp3) is 0.276. The lowest BCUT2D eigenvalue weighted by atomic mass is 9.97. The van der Waals surface area contributed by atoms with E-state index in [9.17, 15) is 9.59 Å². The molecule has 3 heterocycles. The Bertz CT molecular complexity index is 1480. The first-order valence-corrected chi connectivity index (χ1v) is 12.1. The summed E-state index contributed by atoms with van der Waals surface area (Å²) in [7, 11) is 1.58.